The SMILES string of the molecule is C=C1CN(OC)CCN1/C(C#Cc1cccc(C)c1)=C\C. The molecule has 0 amide bonds. The summed E-state index contributed by atoms with van der Waals surface area (Å²) in [4.78, 5) is 7.42. The molecule has 2 rings (SSSR count). The summed E-state index contributed by atoms with van der Waals surface area (Å²) in [5.74, 6) is 6.50. The molecule has 0 aliphatic carbocycles. The molecule has 1 fully saturated rings. The second-order valence-corrected chi connectivity index (χ2v) is 5.06. The topological polar surface area (TPSA) is 15.7 Å². The van der Waals surface area contributed by atoms with Gasteiger partial charge in [-0.15, -0.1) is 0 Å². The van der Waals surface area contributed by atoms with Crippen molar-refractivity contribution in [3.05, 3.63) is 59.4 Å². The highest BCUT2D eigenvalue weighted by Gasteiger charge is 2.20. The minimum atomic E-state index is 0.708. The van der Waals surface area contributed by atoms with Gasteiger partial charge in [0.15, 0.2) is 0 Å². The van der Waals surface area contributed by atoms with Gasteiger partial charge in [0.2, 0.25) is 0 Å². The van der Waals surface area contributed by atoms with Crippen molar-refractivity contribution < 1.29 is 4.84 Å². The number of benzene rings is 1. The molecule has 1 aliphatic rings. The van der Waals surface area contributed by atoms with Gasteiger partial charge < -0.3 is 9.74 Å². The number of hydroxylamine groups is 2. The monoisotopic (exact) mass is 282 g/mol. The Bertz CT molecular complexity index is 607. The summed E-state index contributed by atoms with van der Waals surface area (Å²) >= 11 is 0. The fourth-order valence-corrected chi connectivity index (χ4v) is 2.34. The van der Waals surface area contributed by atoms with E-state index < -0.39 is 0 Å². The van der Waals surface area contributed by atoms with Crippen molar-refractivity contribution in [3.63, 3.8) is 0 Å². The zero-order valence-corrected chi connectivity index (χ0v) is 13.0. The van der Waals surface area contributed by atoms with Gasteiger partial charge in [0, 0.05) is 24.4 Å². The van der Waals surface area contributed by atoms with Gasteiger partial charge in [-0.1, -0.05) is 30.7 Å². The quantitative estimate of drug-likeness (QED) is 0.776. The Morgan fingerprint density at radius 1 is 1.38 bits per heavy atom. The van der Waals surface area contributed by atoms with Crippen molar-refractivity contribution in [2.75, 3.05) is 26.7 Å². The van der Waals surface area contributed by atoms with Gasteiger partial charge in [0.05, 0.1) is 19.4 Å². The number of hydrogen-bond donors (Lipinski definition) is 0. The van der Waals surface area contributed by atoms with E-state index in [2.05, 4.69) is 42.4 Å². The molecule has 0 radical (unpaired) electrons. The maximum atomic E-state index is 5.26. The molecule has 1 saturated heterocycles. The number of piperazine rings is 1. The summed E-state index contributed by atoms with van der Waals surface area (Å²) in [6, 6.07) is 8.24. The molecule has 0 bridgehead atoms. The number of nitrogens with zero attached hydrogens (tertiary/aromatic N) is 2. The van der Waals surface area contributed by atoms with E-state index in [4.69, 9.17) is 4.84 Å². The maximum absolute atomic E-state index is 5.26. The molecule has 1 heterocycles. The molecule has 0 aromatic heterocycles. The predicted octanol–water partition coefficient (Wildman–Crippen LogP) is 2.94. The number of hydrogen-bond acceptors (Lipinski definition) is 3. The minimum absolute atomic E-state index is 0.708. The summed E-state index contributed by atoms with van der Waals surface area (Å²) in [6.45, 7) is 10.6. The second-order valence-electron chi connectivity index (χ2n) is 5.06. The lowest BCUT2D eigenvalue weighted by Gasteiger charge is -2.36. The molecule has 21 heavy (non-hydrogen) atoms. The average molecular weight is 282 g/mol. The van der Waals surface area contributed by atoms with Crippen LogP contribution in [0, 0.1) is 18.8 Å². The standard InChI is InChI=1S/C18H22N2O/c1-5-18(10-9-17-8-6-7-15(2)13-17)20-12-11-19(21-4)14-16(20)3/h5-8,13H,3,11-12,14H2,1-2,4H3/b18-5-. The van der Waals surface area contributed by atoms with Crippen LogP contribution in [-0.4, -0.2) is 36.7 Å². The van der Waals surface area contributed by atoms with Gasteiger partial charge >= 0.3 is 0 Å². The van der Waals surface area contributed by atoms with Crippen LogP contribution in [0.4, 0.5) is 0 Å². The first-order valence-corrected chi connectivity index (χ1v) is 7.13. The van der Waals surface area contributed by atoms with Crippen molar-refractivity contribution >= 4 is 0 Å². The van der Waals surface area contributed by atoms with Gasteiger partial charge in [0.1, 0.15) is 0 Å². The Morgan fingerprint density at radius 3 is 2.81 bits per heavy atom. The molecular weight excluding hydrogens is 260 g/mol. The fourth-order valence-electron chi connectivity index (χ4n) is 2.34. The van der Waals surface area contributed by atoms with Gasteiger partial charge in [-0.3, -0.25) is 0 Å². The third-order valence-electron chi connectivity index (χ3n) is 3.49. The lowest BCUT2D eigenvalue weighted by molar-refractivity contribution is -0.138. The van der Waals surface area contributed by atoms with Crippen LogP contribution in [0.25, 0.3) is 0 Å². The number of allylic oxidation sites excluding steroid dienone is 2. The average Bonchev–Trinajstić information content (AvgIpc) is 2.49. The van der Waals surface area contributed by atoms with E-state index in [1.807, 2.05) is 30.2 Å². The number of rotatable bonds is 2. The largest absolute Gasteiger partial charge is 0.336 e. The smallest absolute Gasteiger partial charge is 0.0882 e. The Hall–Kier alpha value is -2.02. The molecule has 0 atom stereocenters. The third-order valence-corrected chi connectivity index (χ3v) is 3.49. The number of aryl methyl sites for hydroxylation is 1. The molecule has 0 unspecified atom stereocenters. The van der Waals surface area contributed by atoms with E-state index >= 15 is 0 Å². The summed E-state index contributed by atoms with van der Waals surface area (Å²) in [6.07, 6.45) is 2.04. The lowest BCUT2D eigenvalue weighted by Crippen LogP contribution is -2.43. The van der Waals surface area contributed by atoms with Crippen LogP contribution in [0.15, 0.2) is 48.3 Å². The zero-order valence-electron chi connectivity index (χ0n) is 13.0. The van der Waals surface area contributed by atoms with Crippen molar-refractivity contribution in [1.82, 2.24) is 9.96 Å². The van der Waals surface area contributed by atoms with E-state index in [1.54, 1.807) is 7.11 Å². The highest BCUT2D eigenvalue weighted by molar-refractivity contribution is 5.42. The Morgan fingerprint density at radius 2 is 2.19 bits per heavy atom. The van der Waals surface area contributed by atoms with E-state index in [-0.39, 0.29) is 0 Å². The highest BCUT2D eigenvalue weighted by Crippen LogP contribution is 2.17. The predicted molar refractivity (Wildman–Crippen MR) is 86.2 cm³/mol. The maximum Gasteiger partial charge on any atom is 0.0882 e. The van der Waals surface area contributed by atoms with Crippen LogP contribution in [0.2, 0.25) is 0 Å². The molecule has 1 aromatic rings. The lowest BCUT2D eigenvalue weighted by atomic mass is 10.1. The van der Waals surface area contributed by atoms with E-state index in [0.717, 1.165) is 30.0 Å². The summed E-state index contributed by atoms with van der Waals surface area (Å²) in [5.41, 5.74) is 4.27. The van der Waals surface area contributed by atoms with Crippen molar-refractivity contribution in [2.24, 2.45) is 0 Å². The van der Waals surface area contributed by atoms with Crippen LogP contribution in [0.3, 0.4) is 0 Å². The Kier molecular flexibility index (Phi) is 5.21. The molecular formula is C18H22N2O. The van der Waals surface area contributed by atoms with E-state index in [0.29, 0.717) is 6.54 Å². The van der Waals surface area contributed by atoms with Crippen molar-refractivity contribution in [2.45, 2.75) is 13.8 Å². The molecule has 3 nitrogen and oxygen atoms in total. The first-order valence-electron chi connectivity index (χ1n) is 7.13. The molecule has 1 aliphatic heterocycles. The summed E-state index contributed by atoms with van der Waals surface area (Å²) in [5, 5.41) is 1.90. The Balaban J connectivity index is 2.13. The Labute approximate surface area is 127 Å². The zero-order chi connectivity index (χ0) is 15.2. The van der Waals surface area contributed by atoms with Gasteiger partial charge in [-0.25, -0.2) is 0 Å². The van der Waals surface area contributed by atoms with Gasteiger partial charge in [-0.05, 0) is 37.5 Å². The van der Waals surface area contributed by atoms with Crippen LogP contribution in [0.5, 0.6) is 0 Å². The minimum Gasteiger partial charge on any atom is -0.336 e. The summed E-state index contributed by atoms with van der Waals surface area (Å²) in [7, 11) is 1.69. The van der Waals surface area contributed by atoms with Gasteiger partial charge in [-0.2, -0.15) is 5.06 Å². The molecule has 1 aromatic carbocycles. The van der Waals surface area contributed by atoms with E-state index in [1.165, 1.54) is 5.56 Å². The van der Waals surface area contributed by atoms with Gasteiger partial charge in [0.25, 0.3) is 0 Å². The van der Waals surface area contributed by atoms with E-state index in [9.17, 15) is 0 Å². The van der Waals surface area contributed by atoms with Crippen LogP contribution in [-0.2, 0) is 4.84 Å². The normalized spacial score (nSPS) is 16.6. The molecule has 3 heteroatoms. The van der Waals surface area contributed by atoms with Crippen LogP contribution >= 0.6 is 0 Å². The second kappa shape index (κ2) is 7.12. The van der Waals surface area contributed by atoms with Crippen LogP contribution < -0.4 is 0 Å². The highest BCUT2D eigenvalue weighted by atomic mass is 16.7. The molecule has 0 N–H and O–H groups in total. The molecule has 0 saturated carbocycles. The van der Waals surface area contributed by atoms with Crippen molar-refractivity contribution in [3.8, 4) is 11.8 Å². The first-order chi connectivity index (χ1) is 10.1. The molecule has 0 spiro atoms. The first kappa shape index (κ1) is 15.4. The van der Waals surface area contributed by atoms with Crippen LogP contribution in [0.1, 0.15) is 18.1 Å². The summed E-state index contributed by atoms with van der Waals surface area (Å²) < 4.78 is 0. The third kappa shape index (κ3) is 3.98. The van der Waals surface area contributed by atoms with Crippen molar-refractivity contribution in [1.29, 1.82) is 0 Å². The fraction of sp³-hybridized carbons (Fsp3) is 0.333. The molecule has 110 valence electrons.